The first kappa shape index (κ1) is 22.9. The van der Waals surface area contributed by atoms with Gasteiger partial charge in [0.2, 0.25) is 5.91 Å². The predicted molar refractivity (Wildman–Crippen MR) is 126 cm³/mol. The number of anilines is 1. The monoisotopic (exact) mass is 442 g/mol. The van der Waals surface area contributed by atoms with Crippen LogP contribution in [0.25, 0.3) is 0 Å². The lowest BCUT2D eigenvalue weighted by atomic mass is 9.82. The number of carbonyl (C=O) groups excluding carboxylic acids is 2. The topological polar surface area (TPSA) is 65.1 Å². The summed E-state index contributed by atoms with van der Waals surface area (Å²) in [4.78, 5) is 31.1. The zero-order valence-corrected chi connectivity index (χ0v) is 20.2. The number of hydrogen-bond donors (Lipinski definition) is 1. The fraction of sp³-hybridized carbons (Fsp3) is 0.680. The van der Waals surface area contributed by atoms with Crippen molar-refractivity contribution < 1.29 is 14.3 Å². The molecule has 1 N–H and O–H groups in total. The SMILES string of the molecule is CC1(C)CCN(Cc2ccc(N3CC(=O)NC4(CN(C(=O)OC(C)(C)C)C4)C3)cc2)CC1. The summed E-state index contributed by atoms with van der Waals surface area (Å²) >= 11 is 0. The summed E-state index contributed by atoms with van der Waals surface area (Å²) in [7, 11) is 0. The summed E-state index contributed by atoms with van der Waals surface area (Å²) in [5.74, 6) is 0.0000895. The highest BCUT2D eigenvalue weighted by atomic mass is 16.6. The first-order valence-electron chi connectivity index (χ1n) is 11.8. The van der Waals surface area contributed by atoms with E-state index in [1.54, 1.807) is 4.90 Å². The van der Waals surface area contributed by atoms with Crippen molar-refractivity contribution in [1.29, 1.82) is 0 Å². The van der Waals surface area contributed by atoms with Crippen LogP contribution in [0.5, 0.6) is 0 Å². The van der Waals surface area contributed by atoms with Gasteiger partial charge in [0, 0.05) is 18.8 Å². The highest BCUT2D eigenvalue weighted by Gasteiger charge is 2.50. The van der Waals surface area contributed by atoms with Crippen LogP contribution in [0.15, 0.2) is 24.3 Å². The molecule has 0 aromatic heterocycles. The highest BCUT2D eigenvalue weighted by Crippen LogP contribution is 2.31. The van der Waals surface area contributed by atoms with Crippen LogP contribution in [0, 0.1) is 5.41 Å². The Hall–Kier alpha value is -2.28. The van der Waals surface area contributed by atoms with Gasteiger partial charge < -0.3 is 19.9 Å². The molecule has 3 heterocycles. The highest BCUT2D eigenvalue weighted by molar-refractivity contribution is 5.84. The summed E-state index contributed by atoms with van der Waals surface area (Å²) in [6.45, 7) is 15.6. The number of hydrogen-bond acceptors (Lipinski definition) is 5. The normalized spacial score (nSPS) is 23.0. The number of nitrogens with zero attached hydrogens (tertiary/aromatic N) is 3. The number of carbonyl (C=O) groups is 2. The third kappa shape index (κ3) is 5.37. The molecule has 3 saturated heterocycles. The van der Waals surface area contributed by atoms with E-state index >= 15 is 0 Å². The van der Waals surface area contributed by atoms with Crippen molar-refractivity contribution in [2.45, 2.75) is 65.1 Å². The third-order valence-electron chi connectivity index (χ3n) is 6.79. The fourth-order valence-corrected chi connectivity index (χ4v) is 4.86. The molecule has 1 spiro atoms. The van der Waals surface area contributed by atoms with Gasteiger partial charge in [0.1, 0.15) is 5.60 Å². The van der Waals surface area contributed by atoms with Crippen molar-refractivity contribution in [2.75, 3.05) is 44.2 Å². The number of piperazine rings is 1. The number of benzene rings is 1. The quantitative estimate of drug-likeness (QED) is 0.779. The van der Waals surface area contributed by atoms with Gasteiger partial charge in [0.25, 0.3) is 0 Å². The lowest BCUT2D eigenvalue weighted by Gasteiger charge is -2.54. The van der Waals surface area contributed by atoms with Gasteiger partial charge in [-0.15, -0.1) is 0 Å². The summed E-state index contributed by atoms with van der Waals surface area (Å²) in [5.41, 5.74) is 1.91. The maximum atomic E-state index is 12.4. The smallest absolute Gasteiger partial charge is 0.410 e. The molecule has 176 valence electrons. The Kier molecular flexibility index (Phi) is 5.90. The minimum absolute atomic E-state index is 0.0000895. The average molecular weight is 443 g/mol. The molecular formula is C25H38N4O3. The van der Waals surface area contributed by atoms with Crippen LogP contribution < -0.4 is 10.2 Å². The molecule has 3 aliphatic heterocycles. The van der Waals surface area contributed by atoms with Gasteiger partial charge >= 0.3 is 6.09 Å². The van der Waals surface area contributed by atoms with E-state index in [-0.39, 0.29) is 12.0 Å². The number of ether oxygens (including phenoxy) is 1. The molecule has 1 aromatic rings. The summed E-state index contributed by atoms with van der Waals surface area (Å²) in [5, 5.41) is 3.11. The Balaban J connectivity index is 1.34. The average Bonchev–Trinajstić information content (AvgIpc) is 2.66. The van der Waals surface area contributed by atoms with E-state index in [0.29, 0.717) is 31.6 Å². The predicted octanol–water partition coefficient (Wildman–Crippen LogP) is 3.23. The zero-order chi connectivity index (χ0) is 23.1. The number of rotatable bonds is 3. The summed E-state index contributed by atoms with van der Waals surface area (Å²) in [6.07, 6.45) is 2.17. The molecule has 0 radical (unpaired) electrons. The Morgan fingerprint density at radius 1 is 1.06 bits per heavy atom. The molecule has 3 fully saturated rings. The molecule has 32 heavy (non-hydrogen) atoms. The number of nitrogens with one attached hydrogen (secondary N) is 1. The molecule has 0 unspecified atom stereocenters. The van der Waals surface area contributed by atoms with Crippen LogP contribution in [0.3, 0.4) is 0 Å². The van der Waals surface area contributed by atoms with Crippen LogP contribution >= 0.6 is 0 Å². The van der Waals surface area contributed by atoms with Crippen molar-refractivity contribution in [2.24, 2.45) is 5.41 Å². The van der Waals surface area contributed by atoms with E-state index in [4.69, 9.17) is 4.74 Å². The molecule has 7 nitrogen and oxygen atoms in total. The molecule has 0 aliphatic carbocycles. The Labute approximate surface area is 192 Å². The van der Waals surface area contributed by atoms with E-state index in [2.05, 4.69) is 53.2 Å². The molecule has 0 atom stereocenters. The third-order valence-corrected chi connectivity index (χ3v) is 6.79. The number of amides is 2. The lowest BCUT2D eigenvalue weighted by Crippen LogP contribution is -2.78. The van der Waals surface area contributed by atoms with E-state index in [9.17, 15) is 9.59 Å². The van der Waals surface area contributed by atoms with Gasteiger partial charge in [-0.2, -0.15) is 0 Å². The van der Waals surface area contributed by atoms with Crippen LogP contribution in [0.2, 0.25) is 0 Å². The van der Waals surface area contributed by atoms with Gasteiger partial charge in [-0.25, -0.2) is 4.79 Å². The Bertz CT molecular complexity index is 843. The number of piperidine rings is 1. The molecule has 7 heteroatoms. The van der Waals surface area contributed by atoms with E-state index in [0.717, 1.165) is 25.3 Å². The van der Waals surface area contributed by atoms with E-state index in [1.165, 1.54) is 18.4 Å². The van der Waals surface area contributed by atoms with Crippen LogP contribution in [-0.4, -0.2) is 72.2 Å². The summed E-state index contributed by atoms with van der Waals surface area (Å²) < 4.78 is 5.46. The van der Waals surface area contributed by atoms with Crippen LogP contribution in [0.1, 0.15) is 53.0 Å². The van der Waals surface area contributed by atoms with Crippen molar-refractivity contribution in [3.63, 3.8) is 0 Å². The van der Waals surface area contributed by atoms with Gasteiger partial charge in [-0.05, 0) is 69.8 Å². The Morgan fingerprint density at radius 3 is 2.28 bits per heavy atom. The second-order valence-electron chi connectivity index (χ2n) is 11.6. The van der Waals surface area contributed by atoms with Crippen molar-refractivity contribution in [3.05, 3.63) is 29.8 Å². The molecule has 3 aliphatic rings. The Morgan fingerprint density at radius 2 is 1.69 bits per heavy atom. The maximum Gasteiger partial charge on any atom is 0.410 e. The maximum absolute atomic E-state index is 12.4. The second kappa shape index (κ2) is 8.25. The van der Waals surface area contributed by atoms with Crippen molar-refractivity contribution in [1.82, 2.24) is 15.1 Å². The van der Waals surface area contributed by atoms with Crippen molar-refractivity contribution in [3.8, 4) is 0 Å². The zero-order valence-electron chi connectivity index (χ0n) is 20.2. The molecule has 1 aromatic carbocycles. The first-order valence-corrected chi connectivity index (χ1v) is 11.8. The van der Waals surface area contributed by atoms with Gasteiger partial charge in [-0.3, -0.25) is 9.69 Å². The van der Waals surface area contributed by atoms with Crippen LogP contribution in [-0.2, 0) is 16.1 Å². The van der Waals surface area contributed by atoms with Gasteiger partial charge in [-0.1, -0.05) is 26.0 Å². The van der Waals surface area contributed by atoms with E-state index < -0.39 is 11.1 Å². The van der Waals surface area contributed by atoms with Gasteiger partial charge in [0.05, 0.1) is 25.2 Å². The molecule has 0 saturated carbocycles. The standard InChI is InChI=1S/C25H38N4O3/c1-23(2,3)32-22(31)29-17-25(18-29)16-28(15-21(30)26-25)20-8-6-19(7-9-20)14-27-12-10-24(4,5)11-13-27/h6-9H,10-18H2,1-5H3,(H,26,30). The number of likely N-dealkylation sites (tertiary alicyclic amines) is 2. The van der Waals surface area contributed by atoms with E-state index in [1.807, 2.05) is 20.8 Å². The van der Waals surface area contributed by atoms with Gasteiger partial charge in [0.15, 0.2) is 0 Å². The van der Waals surface area contributed by atoms with Crippen molar-refractivity contribution >= 4 is 17.7 Å². The first-order chi connectivity index (χ1) is 14.9. The molecular weight excluding hydrogens is 404 g/mol. The molecule has 4 rings (SSSR count). The minimum Gasteiger partial charge on any atom is -0.444 e. The lowest BCUT2D eigenvalue weighted by molar-refractivity contribution is -0.126. The molecule has 2 amide bonds. The largest absolute Gasteiger partial charge is 0.444 e. The minimum atomic E-state index is -0.520. The fourth-order valence-electron chi connectivity index (χ4n) is 4.86. The summed E-state index contributed by atoms with van der Waals surface area (Å²) in [6, 6.07) is 8.61. The molecule has 0 bridgehead atoms. The van der Waals surface area contributed by atoms with Crippen LogP contribution in [0.4, 0.5) is 10.5 Å². The second-order valence-corrected chi connectivity index (χ2v) is 11.6.